The lowest BCUT2D eigenvalue weighted by Gasteiger charge is -2.10. The van der Waals surface area contributed by atoms with Crippen molar-refractivity contribution < 1.29 is 20.1 Å². The van der Waals surface area contributed by atoms with Crippen molar-refractivity contribution >= 4 is 5.97 Å². The number of phenolic OH excluding ortho intramolecular Hbond substituents is 1. The number of aliphatic hydroxyl groups is 1. The van der Waals surface area contributed by atoms with Crippen LogP contribution in [-0.2, 0) is 0 Å². The Bertz CT molecular complexity index is 351. The molecule has 0 bridgehead atoms. The van der Waals surface area contributed by atoms with Crippen molar-refractivity contribution in [1.82, 2.24) is 0 Å². The third-order valence-electron chi connectivity index (χ3n) is 1.87. The first-order valence-electron chi connectivity index (χ1n) is 3.99. The van der Waals surface area contributed by atoms with Crippen molar-refractivity contribution in [3.8, 4) is 5.75 Å². The second-order valence-corrected chi connectivity index (χ2v) is 2.87. The number of carboxylic acids is 1. The van der Waals surface area contributed by atoms with E-state index in [-0.39, 0.29) is 23.5 Å². The number of benzene rings is 1. The predicted octanol–water partition coefficient (Wildman–Crippen LogP) is 0.0825. The lowest BCUT2D eigenvalue weighted by Crippen LogP contribution is -2.15. The summed E-state index contributed by atoms with van der Waals surface area (Å²) in [5.41, 5.74) is 5.72. The van der Waals surface area contributed by atoms with Gasteiger partial charge in [0, 0.05) is 5.56 Å². The fraction of sp³-hybridized carbons (Fsp3) is 0.222. The minimum atomic E-state index is -1.10. The highest BCUT2D eigenvalue weighted by Gasteiger charge is 2.12. The van der Waals surface area contributed by atoms with Gasteiger partial charge >= 0.3 is 5.97 Å². The van der Waals surface area contributed by atoms with Crippen LogP contribution < -0.4 is 5.73 Å². The Kier molecular flexibility index (Phi) is 3.06. The zero-order valence-corrected chi connectivity index (χ0v) is 7.34. The van der Waals surface area contributed by atoms with Gasteiger partial charge in [-0.15, -0.1) is 0 Å². The van der Waals surface area contributed by atoms with Crippen LogP contribution in [0.2, 0.25) is 0 Å². The SMILES string of the molecule is N[C@@H](CO)c1cc(C(=O)O)ccc1O. The maximum Gasteiger partial charge on any atom is 0.335 e. The van der Waals surface area contributed by atoms with E-state index < -0.39 is 12.0 Å². The van der Waals surface area contributed by atoms with Crippen molar-refractivity contribution in [2.75, 3.05) is 6.61 Å². The number of carbonyl (C=O) groups is 1. The quantitative estimate of drug-likeness (QED) is 0.549. The first-order chi connectivity index (χ1) is 6.56. The van der Waals surface area contributed by atoms with Crippen LogP contribution in [0, 0.1) is 0 Å². The molecular weight excluding hydrogens is 186 g/mol. The number of hydrogen-bond donors (Lipinski definition) is 4. The molecule has 0 saturated heterocycles. The average Bonchev–Trinajstić information content (AvgIpc) is 2.17. The van der Waals surface area contributed by atoms with Crippen LogP contribution in [0.15, 0.2) is 18.2 Å². The third-order valence-corrected chi connectivity index (χ3v) is 1.87. The molecule has 14 heavy (non-hydrogen) atoms. The molecule has 0 aliphatic rings. The molecule has 0 aromatic heterocycles. The summed E-state index contributed by atoms with van der Waals surface area (Å²) in [4.78, 5) is 10.6. The summed E-state index contributed by atoms with van der Waals surface area (Å²) in [5, 5.41) is 26.8. The van der Waals surface area contributed by atoms with Crippen LogP contribution in [-0.4, -0.2) is 27.9 Å². The molecule has 1 aromatic rings. The minimum absolute atomic E-state index is 0.0294. The number of aromatic hydroxyl groups is 1. The van der Waals surface area contributed by atoms with E-state index in [1.165, 1.54) is 18.2 Å². The Labute approximate surface area is 80.4 Å². The van der Waals surface area contributed by atoms with Gasteiger partial charge in [-0.25, -0.2) is 4.79 Å². The predicted molar refractivity (Wildman–Crippen MR) is 49.1 cm³/mol. The van der Waals surface area contributed by atoms with Crippen molar-refractivity contribution in [2.24, 2.45) is 5.73 Å². The topological polar surface area (TPSA) is 104 Å². The monoisotopic (exact) mass is 197 g/mol. The van der Waals surface area contributed by atoms with Gasteiger partial charge in [0.1, 0.15) is 5.75 Å². The van der Waals surface area contributed by atoms with E-state index in [1.807, 2.05) is 0 Å². The number of aliphatic hydroxyl groups excluding tert-OH is 1. The molecule has 0 saturated carbocycles. The van der Waals surface area contributed by atoms with E-state index in [9.17, 15) is 9.90 Å². The third kappa shape index (κ3) is 2.01. The lowest BCUT2D eigenvalue weighted by molar-refractivity contribution is 0.0696. The minimum Gasteiger partial charge on any atom is -0.508 e. The second kappa shape index (κ2) is 4.08. The fourth-order valence-electron chi connectivity index (χ4n) is 1.08. The number of carboxylic acid groups (broad SMARTS) is 1. The molecule has 1 atom stereocenters. The van der Waals surface area contributed by atoms with Gasteiger partial charge in [-0.2, -0.15) is 0 Å². The molecule has 0 spiro atoms. The molecule has 1 rings (SSSR count). The number of phenols is 1. The number of rotatable bonds is 3. The number of hydrogen-bond acceptors (Lipinski definition) is 4. The molecule has 0 fully saturated rings. The molecule has 5 heteroatoms. The van der Waals surface area contributed by atoms with Crippen molar-refractivity contribution in [1.29, 1.82) is 0 Å². The van der Waals surface area contributed by atoms with Gasteiger partial charge < -0.3 is 21.1 Å². The molecule has 76 valence electrons. The number of aromatic carboxylic acids is 1. The molecule has 1 aromatic carbocycles. The van der Waals surface area contributed by atoms with E-state index in [0.29, 0.717) is 0 Å². The second-order valence-electron chi connectivity index (χ2n) is 2.87. The Morgan fingerprint density at radius 3 is 2.64 bits per heavy atom. The Morgan fingerprint density at radius 1 is 1.50 bits per heavy atom. The molecule has 0 aliphatic carbocycles. The number of nitrogens with two attached hydrogens (primary N) is 1. The Hall–Kier alpha value is -1.59. The van der Waals surface area contributed by atoms with E-state index in [2.05, 4.69) is 0 Å². The summed E-state index contributed by atoms with van der Waals surface area (Å²) in [7, 11) is 0. The summed E-state index contributed by atoms with van der Waals surface area (Å²) < 4.78 is 0. The highest BCUT2D eigenvalue weighted by atomic mass is 16.4. The Balaban J connectivity index is 3.14. The fourth-order valence-corrected chi connectivity index (χ4v) is 1.08. The van der Waals surface area contributed by atoms with E-state index in [0.717, 1.165) is 0 Å². The van der Waals surface area contributed by atoms with Gasteiger partial charge in [-0.1, -0.05) is 0 Å². The van der Waals surface area contributed by atoms with Crippen LogP contribution >= 0.6 is 0 Å². The molecular formula is C9H11NO4. The standard InChI is InChI=1S/C9H11NO4/c10-7(4-11)6-3-5(9(13)14)1-2-8(6)12/h1-3,7,11-12H,4,10H2,(H,13,14)/t7-/m0/s1. The first-order valence-corrected chi connectivity index (χ1v) is 3.99. The summed E-state index contributed by atoms with van der Waals surface area (Å²) in [6.45, 7) is -0.351. The molecule has 5 N–H and O–H groups in total. The molecule has 0 radical (unpaired) electrons. The van der Waals surface area contributed by atoms with Gasteiger partial charge in [0.05, 0.1) is 18.2 Å². The van der Waals surface area contributed by atoms with Crippen LogP contribution in [0.5, 0.6) is 5.75 Å². The van der Waals surface area contributed by atoms with E-state index >= 15 is 0 Å². The summed E-state index contributed by atoms with van der Waals surface area (Å²) in [6.07, 6.45) is 0. The molecule has 0 aliphatic heterocycles. The molecule has 0 unspecified atom stereocenters. The summed E-state index contributed by atoms with van der Waals surface area (Å²) in [6, 6.07) is 2.99. The lowest BCUT2D eigenvalue weighted by atomic mass is 10.0. The first kappa shape index (κ1) is 10.5. The maximum atomic E-state index is 10.6. The van der Waals surface area contributed by atoms with E-state index in [1.54, 1.807) is 0 Å². The largest absolute Gasteiger partial charge is 0.508 e. The van der Waals surface area contributed by atoms with Gasteiger partial charge in [0.15, 0.2) is 0 Å². The van der Waals surface area contributed by atoms with Gasteiger partial charge in [0.2, 0.25) is 0 Å². The molecule has 0 heterocycles. The van der Waals surface area contributed by atoms with Crippen molar-refractivity contribution in [3.63, 3.8) is 0 Å². The van der Waals surface area contributed by atoms with Crippen molar-refractivity contribution in [2.45, 2.75) is 6.04 Å². The Morgan fingerprint density at radius 2 is 2.14 bits per heavy atom. The van der Waals surface area contributed by atoms with Crippen LogP contribution in [0.1, 0.15) is 22.0 Å². The van der Waals surface area contributed by atoms with Crippen LogP contribution in [0.4, 0.5) is 0 Å². The molecule has 0 amide bonds. The smallest absolute Gasteiger partial charge is 0.335 e. The zero-order chi connectivity index (χ0) is 10.7. The summed E-state index contributed by atoms with van der Waals surface area (Å²) >= 11 is 0. The zero-order valence-electron chi connectivity index (χ0n) is 7.34. The van der Waals surface area contributed by atoms with Gasteiger partial charge in [0.25, 0.3) is 0 Å². The highest BCUT2D eigenvalue weighted by Crippen LogP contribution is 2.23. The highest BCUT2D eigenvalue weighted by molar-refractivity contribution is 5.88. The summed E-state index contributed by atoms with van der Waals surface area (Å²) in [5.74, 6) is -1.21. The molecule has 5 nitrogen and oxygen atoms in total. The normalized spacial score (nSPS) is 12.4. The van der Waals surface area contributed by atoms with Crippen LogP contribution in [0.25, 0.3) is 0 Å². The van der Waals surface area contributed by atoms with E-state index in [4.69, 9.17) is 15.9 Å². The van der Waals surface area contributed by atoms with Crippen molar-refractivity contribution in [3.05, 3.63) is 29.3 Å². The van der Waals surface area contributed by atoms with Gasteiger partial charge in [-0.3, -0.25) is 0 Å². The van der Waals surface area contributed by atoms with Crippen LogP contribution in [0.3, 0.4) is 0 Å². The average molecular weight is 197 g/mol. The van der Waals surface area contributed by atoms with Gasteiger partial charge in [-0.05, 0) is 18.2 Å². The maximum absolute atomic E-state index is 10.6.